The molecule has 1 aromatic heterocycles. The van der Waals surface area contributed by atoms with Crippen LogP contribution >= 0.6 is 0 Å². The maximum atomic E-state index is 11.8. The number of amides is 1. The van der Waals surface area contributed by atoms with Crippen LogP contribution in [0.1, 0.15) is 28.9 Å². The lowest BCUT2D eigenvalue weighted by Crippen LogP contribution is -2.18. The lowest BCUT2D eigenvalue weighted by Gasteiger charge is -2.05. The van der Waals surface area contributed by atoms with E-state index in [1.807, 2.05) is 13.8 Å². The number of nitrogens with one attached hydrogen (secondary N) is 2. The van der Waals surface area contributed by atoms with E-state index in [1.54, 1.807) is 18.2 Å². The van der Waals surface area contributed by atoms with Crippen molar-refractivity contribution in [1.82, 2.24) is 15.6 Å². The summed E-state index contributed by atoms with van der Waals surface area (Å²) < 4.78 is 5.01. The fourth-order valence-corrected chi connectivity index (χ4v) is 2.22. The van der Waals surface area contributed by atoms with Gasteiger partial charge in [0.15, 0.2) is 11.5 Å². The normalized spacial score (nSPS) is 10.9. The first-order valence-electron chi connectivity index (χ1n) is 7.21. The van der Waals surface area contributed by atoms with Crippen molar-refractivity contribution in [2.45, 2.75) is 26.7 Å². The van der Waals surface area contributed by atoms with Crippen LogP contribution in [0.15, 0.2) is 23.3 Å². The molecule has 23 heavy (non-hydrogen) atoms. The van der Waals surface area contributed by atoms with Gasteiger partial charge < -0.3 is 9.84 Å². The Hall–Kier alpha value is -2.83. The highest BCUT2D eigenvalue weighted by Gasteiger charge is 2.09. The number of aryl methyl sites for hydroxylation is 2. The summed E-state index contributed by atoms with van der Waals surface area (Å²) in [7, 11) is 1.47. The van der Waals surface area contributed by atoms with Gasteiger partial charge >= 0.3 is 0 Å². The summed E-state index contributed by atoms with van der Waals surface area (Å²) in [6.45, 7) is 3.83. The number of benzene rings is 1. The standard InChI is InChI=1S/C16H20N4O3/c1-10-13(11(2)19-18-10)7-8-15(21)20-17-9-12-5-4-6-14(23-3)16(12)22/h4-6,9,22H,7-8H2,1-3H3,(H,18,19)(H,20,21)/b17-9-. The van der Waals surface area contributed by atoms with Gasteiger partial charge in [0.05, 0.1) is 19.0 Å². The lowest BCUT2D eigenvalue weighted by atomic mass is 10.1. The molecule has 122 valence electrons. The quantitative estimate of drug-likeness (QED) is 0.559. The van der Waals surface area contributed by atoms with Crippen LogP contribution in [-0.2, 0) is 11.2 Å². The molecule has 0 atom stereocenters. The van der Waals surface area contributed by atoms with Crippen molar-refractivity contribution >= 4 is 12.1 Å². The van der Waals surface area contributed by atoms with E-state index in [4.69, 9.17) is 4.74 Å². The maximum absolute atomic E-state index is 11.8. The molecule has 0 unspecified atom stereocenters. The second kappa shape index (κ2) is 7.44. The molecule has 0 saturated heterocycles. The minimum absolute atomic E-state index is 0.0161. The minimum atomic E-state index is -0.205. The van der Waals surface area contributed by atoms with Crippen molar-refractivity contribution in [3.05, 3.63) is 40.7 Å². The van der Waals surface area contributed by atoms with Crippen LogP contribution in [0.25, 0.3) is 0 Å². The average molecular weight is 316 g/mol. The highest BCUT2D eigenvalue weighted by molar-refractivity contribution is 5.86. The number of ether oxygens (including phenoxy) is 1. The van der Waals surface area contributed by atoms with Crippen LogP contribution in [0.4, 0.5) is 0 Å². The number of H-pyrrole nitrogens is 1. The van der Waals surface area contributed by atoms with Crippen molar-refractivity contribution in [2.75, 3.05) is 7.11 Å². The monoisotopic (exact) mass is 316 g/mol. The summed E-state index contributed by atoms with van der Waals surface area (Å²) >= 11 is 0. The number of rotatable bonds is 6. The smallest absolute Gasteiger partial charge is 0.240 e. The molecule has 0 aliphatic rings. The number of methoxy groups -OCH3 is 1. The zero-order chi connectivity index (χ0) is 16.8. The van der Waals surface area contributed by atoms with Crippen LogP contribution in [0, 0.1) is 13.8 Å². The topological polar surface area (TPSA) is 99.6 Å². The number of aromatic amines is 1. The van der Waals surface area contributed by atoms with Gasteiger partial charge in [-0.15, -0.1) is 0 Å². The van der Waals surface area contributed by atoms with Gasteiger partial charge in [0.25, 0.3) is 0 Å². The van der Waals surface area contributed by atoms with Crippen molar-refractivity contribution in [3.8, 4) is 11.5 Å². The van der Waals surface area contributed by atoms with Crippen molar-refractivity contribution < 1.29 is 14.6 Å². The first kappa shape index (κ1) is 16.5. The van der Waals surface area contributed by atoms with Gasteiger partial charge in [-0.05, 0) is 38.0 Å². The van der Waals surface area contributed by atoms with E-state index >= 15 is 0 Å². The number of hydrogen-bond donors (Lipinski definition) is 3. The average Bonchev–Trinajstić information content (AvgIpc) is 2.85. The number of nitrogens with zero attached hydrogens (tertiary/aromatic N) is 2. The van der Waals surface area contributed by atoms with Crippen molar-refractivity contribution in [3.63, 3.8) is 0 Å². The first-order chi connectivity index (χ1) is 11.0. The zero-order valence-corrected chi connectivity index (χ0v) is 13.4. The summed E-state index contributed by atoms with van der Waals surface area (Å²) in [5.74, 6) is 0.132. The molecule has 7 heteroatoms. The Balaban J connectivity index is 1.89. The molecule has 2 aromatic rings. The predicted molar refractivity (Wildman–Crippen MR) is 86.8 cm³/mol. The lowest BCUT2D eigenvalue weighted by molar-refractivity contribution is -0.121. The van der Waals surface area contributed by atoms with E-state index in [1.165, 1.54) is 13.3 Å². The zero-order valence-electron chi connectivity index (χ0n) is 13.4. The molecule has 1 amide bonds. The predicted octanol–water partition coefficient (Wildman–Crippen LogP) is 1.82. The molecule has 0 aliphatic carbocycles. The maximum Gasteiger partial charge on any atom is 0.240 e. The first-order valence-corrected chi connectivity index (χ1v) is 7.21. The molecule has 0 saturated carbocycles. The van der Waals surface area contributed by atoms with Crippen molar-refractivity contribution in [1.29, 1.82) is 0 Å². The Morgan fingerprint density at radius 2 is 2.26 bits per heavy atom. The van der Waals surface area contributed by atoms with Gasteiger partial charge in [0.2, 0.25) is 5.91 Å². The number of carbonyl (C=O) groups excluding carboxylic acids is 1. The molecule has 0 bridgehead atoms. The number of para-hydroxylation sites is 1. The fourth-order valence-electron chi connectivity index (χ4n) is 2.22. The molecule has 7 nitrogen and oxygen atoms in total. The number of aromatic hydroxyl groups is 1. The Morgan fingerprint density at radius 1 is 1.48 bits per heavy atom. The second-order valence-corrected chi connectivity index (χ2v) is 5.10. The van der Waals surface area contributed by atoms with Gasteiger partial charge in [-0.2, -0.15) is 10.2 Å². The Kier molecular flexibility index (Phi) is 5.35. The van der Waals surface area contributed by atoms with Gasteiger partial charge in [-0.3, -0.25) is 9.89 Å². The number of hydrazone groups is 1. The van der Waals surface area contributed by atoms with Gasteiger partial charge in [0.1, 0.15) is 0 Å². The van der Waals surface area contributed by atoms with E-state index in [0.29, 0.717) is 24.2 Å². The van der Waals surface area contributed by atoms with Crippen LogP contribution < -0.4 is 10.2 Å². The van der Waals surface area contributed by atoms with E-state index in [-0.39, 0.29) is 11.7 Å². The third-order valence-corrected chi connectivity index (χ3v) is 3.53. The molecular weight excluding hydrogens is 296 g/mol. The van der Waals surface area contributed by atoms with Crippen LogP contribution in [0.5, 0.6) is 11.5 Å². The molecule has 1 heterocycles. The van der Waals surface area contributed by atoms with Crippen molar-refractivity contribution in [2.24, 2.45) is 5.10 Å². The largest absolute Gasteiger partial charge is 0.504 e. The molecule has 0 aliphatic heterocycles. The van der Waals surface area contributed by atoms with E-state index in [9.17, 15) is 9.90 Å². The molecule has 0 spiro atoms. The SMILES string of the molecule is COc1cccc(/C=N\NC(=O)CCc2c(C)n[nH]c2C)c1O. The minimum Gasteiger partial charge on any atom is -0.504 e. The van der Waals surface area contributed by atoms with Gasteiger partial charge in [-0.25, -0.2) is 5.43 Å². The Morgan fingerprint density at radius 3 is 2.91 bits per heavy atom. The third-order valence-electron chi connectivity index (χ3n) is 3.53. The van der Waals surface area contributed by atoms with Gasteiger partial charge in [-0.1, -0.05) is 6.07 Å². The van der Waals surface area contributed by atoms with E-state index < -0.39 is 0 Å². The molecular formula is C16H20N4O3. The molecule has 0 radical (unpaired) electrons. The van der Waals surface area contributed by atoms with E-state index in [0.717, 1.165) is 17.0 Å². The summed E-state index contributed by atoms with van der Waals surface area (Å²) in [5.41, 5.74) is 5.83. The highest BCUT2D eigenvalue weighted by Crippen LogP contribution is 2.27. The number of aromatic nitrogens is 2. The van der Waals surface area contributed by atoms with Gasteiger partial charge in [0, 0.05) is 17.7 Å². The second-order valence-electron chi connectivity index (χ2n) is 5.10. The third kappa shape index (κ3) is 4.09. The van der Waals surface area contributed by atoms with Crippen LogP contribution in [0.2, 0.25) is 0 Å². The summed E-state index contributed by atoms with van der Waals surface area (Å²) in [5, 5.41) is 20.8. The highest BCUT2D eigenvalue weighted by atomic mass is 16.5. The fraction of sp³-hybridized carbons (Fsp3) is 0.312. The number of phenolic OH excluding ortho intramolecular Hbond substituents is 1. The Bertz CT molecular complexity index is 703. The number of hydrogen-bond acceptors (Lipinski definition) is 5. The number of carbonyl (C=O) groups is 1. The molecule has 3 N–H and O–H groups in total. The summed E-state index contributed by atoms with van der Waals surface area (Å²) in [6, 6.07) is 5.04. The Labute approximate surface area is 134 Å². The van der Waals surface area contributed by atoms with Crippen LogP contribution in [0.3, 0.4) is 0 Å². The summed E-state index contributed by atoms with van der Waals surface area (Å²) in [4.78, 5) is 11.8. The molecule has 1 aromatic carbocycles. The molecule has 0 fully saturated rings. The van der Waals surface area contributed by atoms with Crippen LogP contribution in [-0.4, -0.2) is 34.5 Å². The van der Waals surface area contributed by atoms with E-state index in [2.05, 4.69) is 20.7 Å². The number of phenols is 1. The molecule has 2 rings (SSSR count). The summed E-state index contributed by atoms with van der Waals surface area (Å²) in [6.07, 6.45) is 2.28.